The molecule has 1 N–H and O–H groups in total. The number of rotatable bonds is 10. The minimum Gasteiger partial charge on any atom is -0.492 e. The van der Waals surface area contributed by atoms with E-state index in [1.54, 1.807) is 0 Å². The maximum atomic E-state index is 5.62. The van der Waals surface area contributed by atoms with Crippen LogP contribution in [0.4, 0.5) is 0 Å². The third-order valence-corrected chi connectivity index (χ3v) is 2.93. The van der Waals surface area contributed by atoms with E-state index in [-0.39, 0.29) is 0 Å². The quantitative estimate of drug-likeness (QED) is 0.666. The first kappa shape index (κ1) is 16.5. The Morgan fingerprint density at radius 1 is 1.21 bits per heavy atom. The molecule has 1 aromatic rings. The lowest BCUT2D eigenvalue weighted by molar-refractivity contribution is 0.108. The molecule has 0 aliphatic carbocycles. The smallest absolute Gasteiger partial charge is 0.120 e. The number of ether oxygens (including phenoxy) is 2. The second-order valence-electron chi connectivity index (χ2n) is 4.88. The van der Waals surface area contributed by atoms with Gasteiger partial charge in [0.25, 0.3) is 0 Å². The average molecular weight is 330 g/mol. The standard InChI is InChI=1S/C15H24BrNO2/c1-13(2)12-18-9-4-7-17-8-10-19-15-6-3-5-14(16)11-15/h3,5-6,11,13,17H,4,7-10,12H2,1-2H3. The van der Waals surface area contributed by atoms with Crippen LogP contribution in [0.5, 0.6) is 5.75 Å². The van der Waals surface area contributed by atoms with Crippen molar-refractivity contribution in [1.82, 2.24) is 5.32 Å². The number of hydrogen-bond donors (Lipinski definition) is 1. The zero-order valence-electron chi connectivity index (χ0n) is 11.8. The van der Waals surface area contributed by atoms with Gasteiger partial charge in [0.1, 0.15) is 12.4 Å². The molecule has 1 aromatic carbocycles. The van der Waals surface area contributed by atoms with Crippen molar-refractivity contribution in [3.8, 4) is 5.75 Å². The molecule has 0 amide bonds. The number of hydrogen-bond acceptors (Lipinski definition) is 3. The van der Waals surface area contributed by atoms with Gasteiger partial charge in [0, 0.05) is 24.2 Å². The number of nitrogens with one attached hydrogen (secondary N) is 1. The Bertz CT molecular complexity index is 345. The summed E-state index contributed by atoms with van der Waals surface area (Å²) in [6.45, 7) is 8.53. The van der Waals surface area contributed by atoms with E-state index < -0.39 is 0 Å². The van der Waals surface area contributed by atoms with E-state index in [1.165, 1.54) is 0 Å². The lowest BCUT2D eigenvalue weighted by Crippen LogP contribution is -2.23. The van der Waals surface area contributed by atoms with Crippen molar-refractivity contribution < 1.29 is 9.47 Å². The highest BCUT2D eigenvalue weighted by atomic mass is 79.9. The molecule has 0 aliphatic heterocycles. The first-order chi connectivity index (χ1) is 9.18. The van der Waals surface area contributed by atoms with E-state index in [9.17, 15) is 0 Å². The first-order valence-electron chi connectivity index (χ1n) is 6.85. The van der Waals surface area contributed by atoms with Gasteiger partial charge in [0.2, 0.25) is 0 Å². The zero-order chi connectivity index (χ0) is 13.9. The molecule has 0 atom stereocenters. The van der Waals surface area contributed by atoms with Crippen LogP contribution in [0.1, 0.15) is 20.3 Å². The van der Waals surface area contributed by atoms with Gasteiger partial charge in [-0.1, -0.05) is 35.8 Å². The minimum absolute atomic E-state index is 0.617. The third-order valence-electron chi connectivity index (χ3n) is 2.44. The normalized spacial score (nSPS) is 10.9. The summed E-state index contributed by atoms with van der Waals surface area (Å²) >= 11 is 3.42. The molecule has 0 saturated heterocycles. The van der Waals surface area contributed by atoms with Gasteiger partial charge in [-0.15, -0.1) is 0 Å². The summed E-state index contributed by atoms with van der Waals surface area (Å²) in [5.74, 6) is 1.52. The second kappa shape index (κ2) is 10.2. The Labute approximate surface area is 124 Å². The molecule has 19 heavy (non-hydrogen) atoms. The molecular weight excluding hydrogens is 306 g/mol. The fraction of sp³-hybridized carbons (Fsp3) is 0.600. The highest BCUT2D eigenvalue weighted by Gasteiger charge is 1.95. The molecule has 1 rings (SSSR count). The van der Waals surface area contributed by atoms with Gasteiger partial charge < -0.3 is 14.8 Å². The Morgan fingerprint density at radius 2 is 2.05 bits per heavy atom. The summed E-state index contributed by atoms with van der Waals surface area (Å²) in [6, 6.07) is 7.89. The maximum absolute atomic E-state index is 5.62. The van der Waals surface area contributed by atoms with E-state index in [0.29, 0.717) is 12.5 Å². The van der Waals surface area contributed by atoms with Gasteiger partial charge >= 0.3 is 0 Å². The van der Waals surface area contributed by atoms with Crippen molar-refractivity contribution in [1.29, 1.82) is 0 Å². The van der Waals surface area contributed by atoms with Crippen LogP contribution in [-0.2, 0) is 4.74 Å². The van der Waals surface area contributed by atoms with Crippen molar-refractivity contribution in [2.24, 2.45) is 5.92 Å². The van der Waals surface area contributed by atoms with E-state index in [0.717, 1.165) is 42.9 Å². The molecule has 0 spiro atoms. The Balaban J connectivity index is 1.91. The second-order valence-corrected chi connectivity index (χ2v) is 5.79. The van der Waals surface area contributed by atoms with E-state index in [2.05, 4.69) is 35.1 Å². The molecule has 0 aliphatic rings. The predicted molar refractivity (Wildman–Crippen MR) is 82.8 cm³/mol. The van der Waals surface area contributed by atoms with Crippen molar-refractivity contribution in [3.63, 3.8) is 0 Å². The summed E-state index contributed by atoms with van der Waals surface area (Å²) in [5.41, 5.74) is 0. The van der Waals surface area contributed by atoms with Gasteiger partial charge in [-0.2, -0.15) is 0 Å². The molecule has 4 heteroatoms. The fourth-order valence-corrected chi connectivity index (χ4v) is 1.92. The molecule has 0 heterocycles. The molecule has 0 bridgehead atoms. The van der Waals surface area contributed by atoms with E-state index in [1.807, 2.05) is 24.3 Å². The van der Waals surface area contributed by atoms with Crippen LogP contribution in [0.3, 0.4) is 0 Å². The van der Waals surface area contributed by atoms with Crippen LogP contribution < -0.4 is 10.1 Å². The summed E-state index contributed by atoms with van der Waals surface area (Å²) in [4.78, 5) is 0. The average Bonchev–Trinajstić information content (AvgIpc) is 2.36. The number of benzene rings is 1. The Morgan fingerprint density at radius 3 is 2.79 bits per heavy atom. The molecule has 0 unspecified atom stereocenters. The van der Waals surface area contributed by atoms with E-state index in [4.69, 9.17) is 9.47 Å². The van der Waals surface area contributed by atoms with Gasteiger partial charge in [-0.25, -0.2) is 0 Å². The van der Waals surface area contributed by atoms with Crippen molar-refractivity contribution in [2.75, 3.05) is 32.9 Å². The highest BCUT2D eigenvalue weighted by molar-refractivity contribution is 9.10. The molecule has 0 radical (unpaired) electrons. The Kier molecular flexibility index (Phi) is 8.88. The van der Waals surface area contributed by atoms with Crippen LogP contribution in [0.25, 0.3) is 0 Å². The third kappa shape index (κ3) is 9.03. The van der Waals surface area contributed by atoms with Gasteiger partial charge in [-0.3, -0.25) is 0 Å². The Hall–Kier alpha value is -0.580. The van der Waals surface area contributed by atoms with Crippen LogP contribution in [0.2, 0.25) is 0 Å². The first-order valence-corrected chi connectivity index (χ1v) is 7.64. The van der Waals surface area contributed by atoms with Crippen LogP contribution in [-0.4, -0.2) is 32.9 Å². The summed E-state index contributed by atoms with van der Waals surface area (Å²) < 4.78 is 12.2. The highest BCUT2D eigenvalue weighted by Crippen LogP contribution is 2.17. The van der Waals surface area contributed by atoms with Crippen LogP contribution in [0.15, 0.2) is 28.7 Å². The van der Waals surface area contributed by atoms with Crippen LogP contribution >= 0.6 is 15.9 Å². The SMILES string of the molecule is CC(C)COCCCNCCOc1cccc(Br)c1. The molecule has 3 nitrogen and oxygen atoms in total. The minimum atomic E-state index is 0.617. The monoisotopic (exact) mass is 329 g/mol. The summed E-state index contributed by atoms with van der Waals surface area (Å²) in [5, 5.41) is 3.34. The van der Waals surface area contributed by atoms with Crippen molar-refractivity contribution in [2.45, 2.75) is 20.3 Å². The molecule has 0 aromatic heterocycles. The van der Waals surface area contributed by atoms with Gasteiger partial charge in [-0.05, 0) is 37.1 Å². The lowest BCUT2D eigenvalue weighted by Gasteiger charge is -2.09. The molecule has 108 valence electrons. The maximum Gasteiger partial charge on any atom is 0.120 e. The fourth-order valence-electron chi connectivity index (χ4n) is 1.54. The predicted octanol–water partition coefficient (Wildman–Crippen LogP) is 3.48. The lowest BCUT2D eigenvalue weighted by atomic mass is 10.2. The molecule has 0 fully saturated rings. The summed E-state index contributed by atoms with van der Waals surface area (Å²) in [6.07, 6.45) is 1.05. The van der Waals surface area contributed by atoms with Crippen LogP contribution in [0, 0.1) is 5.92 Å². The zero-order valence-corrected chi connectivity index (χ0v) is 13.4. The van der Waals surface area contributed by atoms with Gasteiger partial charge in [0.15, 0.2) is 0 Å². The van der Waals surface area contributed by atoms with E-state index >= 15 is 0 Å². The molecular formula is C15H24BrNO2. The van der Waals surface area contributed by atoms with Crippen molar-refractivity contribution >= 4 is 15.9 Å². The summed E-state index contributed by atoms with van der Waals surface area (Å²) in [7, 11) is 0. The topological polar surface area (TPSA) is 30.5 Å². The van der Waals surface area contributed by atoms with Gasteiger partial charge in [0.05, 0.1) is 0 Å². The number of halogens is 1. The van der Waals surface area contributed by atoms with Crippen molar-refractivity contribution in [3.05, 3.63) is 28.7 Å². The molecule has 0 saturated carbocycles. The largest absolute Gasteiger partial charge is 0.492 e.